The van der Waals surface area contributed by atoms with Crippen molar-refractivity contribution < 1.29 is 8.42 Å². The van der Waals surface area contributed by atoms with Crippen LogP contribution >= 0.6 is 0 Å². The maximum absolute atomic E-state index is 12.4. The van der Waals surface area contributed by atoms with Gasteiger partial charge in [-0.25, -0.2) is 13.1 Å². The molecule has 2 rings (SSSR count). The molecular formula is C15H21N3O2S. The molecule has 2 N–H and O–H groups in total. The number of hydrogen-bond donors (Lipinski definition) is 2. The maximum Gasteiger partial charge on any atom is 0.242 e. The molecule has 1 aromatic heterocycles. The highest BCUT2D eigenvalue weighted by Gasteiger charge is 2.17. The van der Waals surface area contributed by atoms with Crippen LogP contribution in [0.3, 0.4) is 0 Å². The van der Waals surface area contributed by atoms with E-state index in [0.29, 0.717) is 12.1 Å². The molecule has 1 aromatic carbocycles. The van der Waals surface area contributed by atoms with Crippen molar-refractivity contribution in [1.29, 1.82) is 0 Å². The SMILES string of the molecule is CCNCCCNS(=O)(=O)c1cccc2cc(C)cnc12. The molecule has 0 amide bonds. The van der Waals surface area contributed by atoms with Gasteiger partial charge >= 0.3 is 0 Å². The minimum atomic E-state index is -3.53. The lowest BCUT2D eigenvalue weighted by Gasteiger charge is -2.09. The summed E-state index contributed by atoms with van der Waals surface area (Å²) in [5.74, 6) is 0. The molecule has 114 valence electrons. The normalized spacial score (nSPS) is 11.9. The largest absolute Gasteiger partial charge is 0.317 e. The summed E-state index contributed by atoms with van der Waals surface area (Å²) in [5, 5.41) is 4.00. The molecule has 0 spiro atoms. The van der Waals surface area contributed by atoms with Gasteiger partial charge < -0.3 is 5.32 Å². The van der Waals surface area contributed by atoms with Crippen molar-refractivity contribution in [2.45, 2.75) is 25.2 Å². The highest BCUT2D eigenvalue weighted by atomic mass is 32.2. The fraction of sp³-hybridized carbons (Fsp3) is 0.400. The van der Waals surface area contributed by atoms with Gasteiger partial charge in [-0.3, -0.25) is 4.98 Å². The lowest BCUT2D eigenvalue weighted by Crippen LogP contribution is -2.27. The van der Waals surface area contributed by atoms with E-state index in [1.807, 2.05) is 26.0 Å². The van der Waals surface area contributed by atoms with Crippen LogP contribution in [0.15, 0.2) is 35.4 Å². The molecule has 0 unspecified atom stereocenters. The number of nitrogens with one attached hydrogen (secondary N) is 2. The van der Waals surface area contributed by atoms with Gasteiger partial charge in [0.2, 0.25) is 10.0 Å². The number of fused-ring (bicyclic) bond motifs is 1. The number of benzene rings is 1. The van der Waals surface area contributed by atoms with Crippen LogP contribution in [0, 0.1) is 6.92 Å². The number of aromatic nitrogens is 1. The lowest BCUT2D eigenvalue weighted by molar-refractivity contribution is 0.576. The Hall–Kier alpha value is -1.50. The Balaban J connectivity index is 2.20. The van der Waals surface area contributed by atoms with E-state index in [2.05, 4.69) is 15.0 Å². The number of para-hydroxylation sites is 1. The van der Waals surface area contributed by atoms with Crippen molar-refractivity contribution in [1.82, 2.24) is 15.0 Å². The second kappa shape index (κ2) is 6.98. The van der Waals surface area contributed by atoms with E-state index in [4.69, 9.17) is 0 Å². The second-order valence-electron chi connectivity index (χ2n) is 4.95. The molecule has 21 heavy (non-hydrogen) atoms. The predicted octanol–water partition coefficient (Wildman–Crippen LogP) is 1.82. The third kappa shape index (κ3) is 4.00. The molecule has 0 atom stereocenters. The summed E-state index contributed by atoms with van der Waals surface area (Å²) in [5.41, 5.74) is 1.53. The summed E-state index contributed by atoms with van der Waals surface area (Å²) in [6.45, 7) is 6.06. The van der Waals surface area contributed by atoms with Crippen LogP contribution in [0.2, 0.25) is 0 Å². The van der Waals surface area contributed by atoms with Crippen molar-refractivity contribution in [3.8, 4) is 0 Å². The first kappa shape index (κ1) is 15.9. The van der Waals surface area contributed by atoms with Crippen molar-refractivity contribution in [2.75, 3.05) is 19.6 Å². The molecule has 2 aromatic rings. The molecule has 0 aliphatic rings. The molecule has 0 aliphatic heterocycles. The molecule has 0 saturated carbocycles. The lowest BCUT2D eigenvalue weighted by atomic mass is 10.2. The van der Waals surface area contributed by atoms with Gasteiger partial charge in [0.15, 0.2) is 0 Å². The number of aryl methyl sites for hydroxylation is 1. The van der Waals surface area contributed by atoms with Crippen LogP contribution in [0.1, 0.15) is 18.9 Å². The molecule has 0 saturated heterocycles. The average Bonchev–Trinajstić information content (AvgIpc) is 2.46. The van der Waals surface area contributed by atoms with E-state index < -0.39 is 10.0 Å². The van der Waals surface area contributed by atoms with E-state index in [0.717, 1.165) is 30.5 Å². The molecule has 6 heteroatoms. The predicted molar refractivity (Wildman–Crippen MR) is 84.8 cm³/mol. The Labute approximate surface area is 125 Å². The summed E-state index contributed by atoms with van der Waals surface area (Å²) in [7, 11) is -3.53. The zero-order valence-corrected chi connectivity index (χ0v) is 13.2. The minimum Gasteiger partial charge on any atom is -0.317 e. The third-order valence-electron chi connectivity index (χ3n) is 3.17. The van der Waals surface area contributed by atoms with Gasteiger partial charge in [0.1, 0.15) is 4.90 Å². The van der Waals surface area contributed by atoms with Gasteiger partial charge in [-0.2, -0.15) is 0 Å². The first-order valence-corrected chi connectivity index (χ1v) is 8.58. The summed E-state index contributed by atoms with van der Waals surface area (Å²) < 4.78 is 27.4. The third-order valence-corrected chi connectivity index (χ3v) is 4.67. The van der Waals surface area contributed by atoms with Crippen LogP contribution in [-0.2, 0) is 10.0 Å². The van der Waals surface area contributed by atoms with Crippen LogP contribution in [0.25, 0.3) is 10.9 Å². The summed E-state index contributed by atoms with van der Waals surface area (Å²) in [6, 6.07) is 7.15. The zero-order chi connectivity index (χ0) is 15.3. The molecule has 5 nitrogen and oxygen atoms in total. The molecule has 0 radical (unpaired) electrons. The molecule has 0 aliphatic carbocycles. The van der Waals surface area contributed by atoms with Crippen molar-refractivity contribution in [3.63, 3.8) is 0 Å². The van der Waals surface area contributed by atoms with Gasteiger partial charge in [-0.15, -0.1) is 0 Å². The zero-order valence-electron chi connectivity index (χ0n) is 12.4. The summed E-state index contributed by atoms with van der Waals surface area (Å²) >= 11 is 0. The summed E-state index contributed by atoms with van der Waals surface area (Å²) in [6.07, 6.45) is 2.44. The fourth-order valence-electron chi connectivity index (χ4n) is 2.13. The number of sulfonamides is 1. The van der Waals surface area contributed by atoms with Crippen LogP contribution < -0.4 is 10.0 Å². The smallest absolute Gasteiger partial charge is 0.242 e. The van der Waals surface area contributed by atoms with Gasteiger partial charge in [0.05, 0.1) is 5.52 Å². The standard InChI is InChI=1S/C15H21N3O2S/c1-3-16-8-5-9-18-21(19,20)14-7-4-6-13-10-12(2)11-17-15(13)14/h4,6-7,10-11,16,18H,3,5,8-9H2,1-2H3. The van der Waals surface area contributed by atoms with E-state index in [1.165, 1.54) is 0 Å². The Bertz CT molecular complexity index is 714. The Kier molecular flexibility index (Phi) is 5.27. The Morgan fingerprint density at radius 1 is 1.24 bits per heavy atom. The van der Waals surface area contributed by atoms with Crippen LogP contribution in [-0.4, -0.2) is 33.0 Å². The van der Waals surface area contributed by atoms with Crippen LogP contribution in [0.4, 0.5) is 0 Å². The number of nitrogens with zero attached hydrogens (tertiary/aromatic N) is 1. The van der Waals surface area contributed by atoms with E-state index in [1.54, 1.807) is 18.3 Å². The molecule has 1 heterocycles. The second-order valence-corrected chi connectivity index (χ2v) is 6.68. The van der Waals surface area contributed by atoms with Gasteiger partial charge in [-0.1, -0.05) is 19.1 Å². The van der Waals surface area contributed by atoms with E-state index in [9.17, 15) is 8.42 Å². The van der Waals surface area contributed by atoms with Gasteiger partial charge in [0, 0.05) is 18.1 Å². The van der Waals surface area contributed by atoms with Crippen molar-refractivity contribution in [3.05, 3.63) is 36.0 Å². The number of pyridine rings is 1. The van der Waals surface area contributed by atoms with Crippen molar-refractivity contribution >= 4 is 20.9 Å². The highest BCUT2D eigenvalue weighted by molar-refractivity contribution is 7.89. The van der Waals surface area contributed by atoms with Gasteiger partial charge in [0.25, 0.3) is 0 Å². The Morgan fingerprint density at radius 2 is 2.05 bits per heavy atom. The highest BCUT2D eigenvalue weighted by Crippen LogP contribution is 2.21. The Morgan fingerprint density at radius 3 is 2.81 bits per heavy atom. The monoisotopic (exact) mass is 307 g/mol. The van der Waals surface area contributed by atoms with Crippen molar-refractivity contribution in [2.24, 2.45) is 0 Å². The minimum absolute atomic E-state index is 0.239. The fourth-order valence-corrected chi connectivity index (χ4v) is 3.39. The van der Waals surface area contributed by atoms with Crippen LogP contribution in [0.5, 0.6) is 0 Å². The van der Waals surface area contributed by atoms with E-state index in [-0.39, 0.29) is 4.90 Å². The topological polar surface area (TPSA) is 71.1 Å². The average molecular weight is 307 g/mol. The quantitative estimate of drug-likeness (QED) is 0.766. The molecular weight excluding hydrogens is 286 g/mol. The molecule has 0 fully saturated rings. The molecule has 0 bridgehead atoms. The number of hydrogen-bond acceptors (Lipinski definition) is 4. The van der Waals surface area contributed by atoms with Gasteiger partial charge in [-0.05, 0) is 44.1 Å². The maximum atomic E-state index is 12.4. The summed E-state index contributed by atoms with van der Waals surface area (Å²) in [4.78, 5) is 4.51. The first-order chi connectivity index (χ1) is 10.0. The number of rotatable bonds is 7. The first-order valence-electron chi connectivity index (χ1n) is 7.10. The van der Waals surface area contributed by atoms with E-state index >= 15 is 0 Å².